The molecule has 1 unspecified atom stereocenters. The Morgan fingerprint density at radius 3 is 2.68 bits per heavy atom. The first-order chi connectivity index (χ1) is 13.3. The molecule has 28 heavy (non-hydrogen) atoms. The molecule has 1 fully saturated rings. The van der Waals surface area contributed by atoms with Gasteiger partial charge in [-0.15, -0.1) is 0 Å². The standard InChI is InChI=1S/C19H18ClN3O4S/c1-28(25,26)19-21-17(15-4-2-3-9-23(15)19)18(24)22-10-11-27-16(12-22)13-5-7-14(20)8-6-13/h2-9,16H,10-12H2,1H3. The summed E-state index contributed by atoms with van der Waals surface area (Å²) in [6, 6.07) is 12.4. The number of halogens is 1. The van der Waals surface area contributed by atoms with Crippen LogP contribution in [0.5, 0.6) is 0 Å². The maximum Gasteiger partial charge on any atom is 0.274 e. The highest BCUT2D eigenvalue weighted by Crippen LogP contribution is 2.26. The molecular formula is C19H18ClN3O4S. The van der Waals surface area contributed by atoms with E-state index in [1.807, 2.05) is 12.1 Å². The van der Waals surface area contributed by atoms with Crippen molar-refractivity contribution in [2.24, 2.45) is 0 Å². The topological polar surface area (TPSA) is 81.0 Å². The molecule has 0 radical (unpaired) electrons. The lowest BCUT2D eigenvalue weighted by Crippen LogP contribution is -2.42. The van der Waals surface area contributed by atoms with Crippen molar-refractivity contribution in [3.8, 4) is 0 Å². The van der Waals surface area contributed by atoms with E-state index in [1.165, 1.54) is 4.40 Å². The number of ether oxygens (including phenoxy) is 1. The average molecular weight is 420 g/mol. The summed E-state index contributed by atoms with van der Waals surface area (Å²) in [5, 5.41) is 0.485. The highest BCUT2D eigenvalue weighted by atomic mass is 35.5. The van der Waals surface area contributed by atoms with Crippen LogP contribution >= 0.6 is 11.6 Å². The minimum atomic E-state index is -3.59. The van der Waals surface area contributed by atoms with Crippen LogP contribution in [0.4, 0.5) is 0 Å². The number of imidazole rings is 1. The van der Waals surface area contributed by atoms with Crippen LogP contribution in [0.3, 0.4) is 0 Å². The largest absolute Gasteiger partial charge is 0.370 e. The van der Waals surface area contributed by atoms with Gasteiger partial charge in [0, 0.05) is 24.0 Å². The molecule has 0 N–H and O–H groups in total. The molecule has 1 saturated heterocycles. The average Bonchev–Trinajstić information content (AvgIpc) is 3.08. The summed E-state index contributed by atoms with van der Waals surface area (Å²) in [5.74, 6) is -0.319. The predicted octanol–water partition coefficient (Wildman–Crippen LogP) is 2.60. The number of carbonyl (C=O) groups is 1. The molecule has 2 aromatic heterocycles. The summed E-state index contributed by atoms with van der Waals surface area (Å²) >= 11 is 5.94. The molecule has 3 heterocycles. The second kappa shape index (κ2) is 7.20. The molecule has 3 aromatic rings. The highest BCUT2D eigenvalue weighted by Gasteiger charge is 2.30. The molecule has 1 aliphatic rings. The first-order valence-corrected chi connectivity index (χ1v) is 10.9. The summed E-state index contributed by atoms with van der Waals surface area (Å²) in [5.41, 5.74) is 1.51. The van der Waals surface area contributed by atoms with Crippen molar-refractivity contribution in [2.75, 3.05) is 26.0 Å². The van der Waals surface area contributed by atoms with E-state index in [2.05, 4.69) is 4.98 Å². The molecular weight excluding hydrogens is 402 g/mol. The van der Waals surface area contributed by atoms with Gasteiger partial charge in [-0.25, -0.2) is 13.4 Å². The quantitative estimate of drug-likeness (QED) is 0.651. The molecule has 0 aliphatic carbocycles. The molecule has 0 spiro atoms. The monoisotopic (exact) mass is 419 g/mol. The van der Waals surface area contributed by atoms with E-state index in [-0.39, 0.29) is 22.9 Å². The fourth-order valence-corrected chi connectivity index (χ4v) is 4.19. The molecule has 1 atom stereocenters. The van der Waals surface area contributed by atoms with Crippen LogP contribution in [0.2, 0.25) is 5.02 Å². The summed E-state index contributed by atoms with van der Waals surface area (Å²) in [6.07, 6.45) is 2.39. The Labute approximate surface area is 167 Å². The molecule has 0 saturated carbocycles. The number of morpholine rings is 1. The number of fused-ring (bicyclic) bond motifs is 1. The van der Waals surface area contributed by atoms with Gasteiger partial charge in [-0.05, 0) is 29.8 Å². The van der Waals surface area contributed by atoms with Gasteiger partial charge in [0.1, 0.15) is 6.10 Å². The number of hydrogen-bond acceptors (Lipinski definition) is 5. The zero-order valence-electron chi connectivity index (χ0n) is 15.1. The molecule has 1 aliphatic heterocycles. The van der Waals surface area contributed by atoms with Crippen LogP contribution in [0.15, 0.2) is 53.8 Å². The van der Waals surface area contributed by atoms with Crippen LogP contribution in [0.25, 0.3) is 5.52 Å². The zero-order valence-corrected chi connectivity index (χ0v) is 16.7. The molecule has 0 bridgehead atoms. The number of rotatable bonds is 3. The van der Waals surface area contributed by atoms with Crippen molar-refractivity contribution in [2.45, 2.75) is 11.3 Å². The van der Waals surface area contributed by atoms with E-state index in [1.54, 1.807) is 41.4 Å². The maximum absolute atomic E-state index is 13.2. The third-order valence-corrected chi connectivity index (χ3v) is 5.85. The van der Waals surface area contributed by atoms with Crippen LogP contribution in [-0.2, 0) is 14.6 Å². The van der Waals surface area contributed by atoms with Crippen molar-refractivity contribution >= 4 is 32.9 Å². The van der Waals surface area contributed by atoms with E-state index >= 15 is 0 Å². The van der Waals surface area contributed by atoms with Gasteiger partial charge < -0.3 is 9.64 Å². The number of nitrogens with zero attached hydrogens (tertiary/aromatic N) is 3. The Morgan fingerprint density at radius 2 is 1.96 bits per heavy atom. The molecule has 1 aromatic carbocycles. The minimum Gasteiger partial charge on any atom is -0.370 e. The first kappa shape index (κ1) is 18.9. The van der Waals surface area contributed by atoms with E-state index < -0.39 is 9.84 Å². The van der Waals surface area contributed by atoms with Crippen molar-refractivity contribution in [3.05, 3.63) is 64.9 Å². The third-order valence-electron chi connectivity index (χ3n) is 4.65. The Hall–Kier alpha value is -2.42. The second-order valence-electron chi connectivity index (χ2n) is 6.63. The van der Waals surface area contributed by atoms with Gasteiger partial charge in [-0.2, -0.15) is 0 Å². The van der Waals surface area contributed by atoms with E-state index in [4.69, 9.17) is 16.3 Å². The maximum atomic E-state index is 13.2. The Morgan fingerprint density at radius 1 is 1.21 bits per heavy atom. The first-order valence-electron chi connectivity index (χ1n) is 8.68. The fourth-order valence-electron chi connectivity index (χ4n) is 3.29. The summed E-state index contributed by atoms with van der Waals surface area (Å²) in [4.78, 5) is 19.0. The minimum absolute atomic E-state index is 0.123. The Balaban J connectivity index is 1.67. The van der Waals surface area contributed by atoms with E-state index in [9.17, 15) is 13.2 Å². The second-order valence-corrected chi connectivity index (χ2v) is 8.98. The van der Waals surface area contributed by atoms with Gasteiger partial charge in [-0.3, -0.25) is 9.20 Å². The number of benzene rings is 1. The molecule has 146 valence electrons. The van der Waals surface area contributed by atoms with Crippen LogP contribution in [-0.4, -0.2) is 54.6 Å². The van der Waals surface area contributed by atoms with Crippen molar-refractivity contribution < 1.29 is 17.9 Å². The van der Waals surface area contributed by atoms with Crippen molar-refractivity contribution in [1.29, 1.82) is 0 Å². The van der Waals surface area contributed by atoms with Crippen LogP contribution in [0, 0.1) is 0 Å². The van der Waals surface area contributed by atoms with Gasteiger partial charge in [-0.1, -0.05) is 29.8 Å². The number of amides is 1. The number of pyridine rings is 1. The summed E-state index contributed by atoms with van der Waals surface area (Å²) < 4.78 is 31.4. The Bertz CT molecular complexity index is 1140. The molecule has 9 heteroatoms. The number of carbonyl (C=O) groups excluding carboxylic acids is 1. The van der Waals surface area contributed by atoms with Crippen molar-refractivity contribution in [3.63, 3.8) is 0 Å². The smallest absolute Gasteiger partial charge is 0.274 e. The van der Waals surface area contributed by atoms with Gasteiger partial charge in [0.2, 0.25) is 15.0 Å². The SMILES string of the molecule is CS(=O)(=O)c1nc(C(=O)N2CCOC(c3ccc(Cl)cc3)C2)c2ccccn12. The normalized spacial score (nSPS) is 17.8. The molecule has 7 nitrogen and oxygen atoms in total. The number of sulfone groups is 1. The highest BCUT2D eigenvalue weighted by molar-refractivity contribution is 7.90. The van der Waals surface area contributed by atoms with Gasteiger partial charge >= 0.3 is 0 Å². The van der Waals surface area contributed by atoms with Gasteiger partial charge in [0.25, 0.3) is 5.91 Å². The lowest BCUT2D eigenvalue weighted by Gasteiger charge is -2.33. The van der Waals surface area contributed by atoms with Gasteiger partial charge in [0.15, 0.2) is 5.69 Å². The van der Waals surface area contributed by atoms with Crippen LogP contribution in [0.1, 0.15) is 22.2 Å². The van der Waals surface area contributed by atoms with E-state index in [0.29, 0.717) is 30.2 Å². The van der Waals surface area contributed by atoms with Crippen molar-refractivity contribution in [1.82, 2.24) is 14.3 Å². The fraction of sp³-hybridized carbons (Fsp3) is 0.263. The Kier molecular flexibility index (Phi) is 4.86. The lowest BCUT2D eigenvalue weighted by atomic mass is 10.1. The predicted molar refractivity (Wildman–Crippen MR) is 104 cm³/mol. The van der Waals surface area contributed by atoms with Gasteiger partial charge in [0.05, 0.1) is 18.7 Å². The van der Waals surface area contributed by atoms with Crippen LogP contribution < -0.4 is 0 Å². The number of aromatic nitrogens is 2. The third kappa shape index (κ3) is 3.50. The van der Waals surface area contributed by atoms with E-state index in [0.717, 1.165) is 11.8 Å². The summed E-state index contributed by atoms with van der Waals surface area (Å²) in [6.45, 7) is 1.13. The summed E-state index contributed by atoms with van der Waals surface area (Å²) in [7, 11) is -3.59. The molecule has 1 amide bonds. The zero-order chi connectivity index (χ0) is 19.9. The molecule has 4 rings (SSSR count). The lowest BCUT2D eigenvalue weighted by molar-refractivity contribution is -0.0229. The number of hydrogen-bond donors (Lipinski definition) is 0.